The molecule has 0 aliphatic heterocycles. The van der Waals surface area contributed by atoms with Crippen LogP contribution in [0.25, 0.3) is 0 Å². The number of ether oxygens (including phenoxy) is 2. The second-order valence-electron chi connectivity index (χ2n) is 3.53. The number of carbonyl (C=O) groups is 1. The fourth-order valence-corrected chi connectivity index (χ4v) is 1.35. The van der Waals surface area contributed by atoms with E-state index in [0.717, 1.165) is 12.1 Å². The van der Waals surface area contributed by atoms with Crippen LogP contribution < -0.4 is 10.1 Å². The summed E-state index contributed by atoms with van der Waals surface area (Å²) in [5.74, 6) is -1.04. The van der Waals surface area contributed by atoms with E-state index in [4.69, 9.17) is 5.26 Å². The summed E-state index contributed by atoms with van der Waals surface area (Å²) in [4.78, 5) is 11.1. The molecule has 0 saturated carbocycles. The summed E-state index contributed by atoms with van der Waals surface area (Å²) in [5, 5.41) is 11.5. The number of nitriles is 1. The molecule has 0 fully saturated rings. The first-order valence-corrected chi connectivity index (χ1v) is 5.55. The van der Waals surface area contributed by atoms with Gasteiger partial charge in [-0.05, 0) is 19.1 Å². The van der Waals surface area contributed by atoms with Gasteiger partial charge in [-0.2, -0.15) is 5.26 Å². The van der Waals surface area contributed by atoms with Gasteiger partial charge in [0.1, 0.15) is 18.4 Å². The molecule has 0 aromatic heterocycles. The molecule has 108 valence electrons. The van der Waals surface area contributed by atoms with Crippen LogP contribution in [0.1, 0.15) is 12.5 Å². The van der Waals surface area contributed by atoms with E-state index in [-0.39, 0.29) is 24.4 Å². The van der Waals surface area contributed by atoms with Gasteiger partial charge in [-0.1, -0.05) is 0 Å². The van der Waals surface area contributed by atoms with Gasteiger partial charge in [0.25, 0.3) is 0 Å². The smallest absolute Gasteiger partial charge is 0.465 e. The predicted octanol–water partition coefficient (Wildman–Crippen LogP) is 2.43. The lowest BCUT2D eigenvalue weighted by Gasteiger charge is -2.11. The molecule has 1 aromatic rings. The van der Waals surface area contributed by atoms with Crippen molar-refractivity contribution in [3.63, 3.8) is 0 Å². The number of halogens is 3. The number of nitrogens with one attached hydrogen (secondary N) is 1. The van der Waals surface area contributed by atoms with Crippen molar-refractivity contribution >= 4 is 11.7 Å². The molecule has 5 nitrogen and oxygen atoms in total. The first kappa shape index (κ1) is 15.6. The maximum absolute atomic E-state index is 12.0. The molecule has 0 heterocycles. The van der Waals surface area contributed by atoms with Crippen molar-refractivity contribution in [3.05, 3.63) is 23.8 Å². The lowest BCUT2D eigenvalue weighted by atomic mass is 10.2. The Morgan fingerprint density at radius 1 is 1.45 bits per heavy atom. The van der Waals surface area contributed by atoms with E-state index in [2.05, 4.69) is 14.8 Å². The van der Waals surface area contributed by atoms with Gasteiger partial charge in [-0.25, -0.2) is 0 Å². The fraction of sp³-hybridized carbons (Fsp3) is 0.333. The number of alkyl halides is 3. The van der Waals surface area contributed by atoms with Crippen LogP contribution in [0.3, 0.4) is 0 Å². The summed E-state index contributed by atoms with van der Waals surface area (Å²) in [6, 6.07) is 4.91. The summed E-state index contributed by atoms with van der Waals surface area (Å²) in [6.07, 6.45) is -4.83. The number of anilines is 1. The van der Waals surface area contributed by atoms with Crippen LogP contribution in [0.15, 0.2) is 18.2 Å². The molecular formula is C12H11F3N2O3. The zero-order chi connectivity index (χ0) is 15.2. The van der Waals surface area contributed by atoms with Crippen molar-refractivity contribution in [2.24, 2.45) is 0 Å². The van der Waals surface area contributed by atoms with Gasteiger partial charge in [0, 0.05) is 6.07 Å². The minimum Gasteiger partial charge on any atom is -0.465 e. The summed E-state index contributed by atoms with van der Waals surface area (Å²) in [5.41, 5.74) is 0.145. The molecule has 1 N–H and O–H groups in total. The molecule has 0 amide bonds. The second kappa shape index (κ2) is 6.65. The maximum Gasteiger partial charge on any atom is 0.573 e. The number of rotatable bonds is 5. The van der Waals surface area contributed by atoms with Gasteiger partial charge in [-0.15, -0.1) is 13.2 Å². The molecule has 0 aliphatic rings. The number of hydrogen-bond donors (Lipinski definition) is 1. The maximum atomic E-state index is 12.0. The van der Waals surface area contributed by atoms with Crippen LogP contribution in [-0.4, -0.2) is 25.5 Å². The van der Waals surface area contributed by atoms with E-state index in [1.54, 1.807) is 13.0 Å². The van der Waals surface area contributed by atoms with Crippen molar-refractivity contribution in [2.45, 2.75) is 13.3 Å². The molecule has 0 bridgehead atoms. The SMILES string of the molecule is CCOC(=O)CNc1ccc(OC(F)(F)F)cc1C#N. The quantitative estimate of drug-likeness (QED) is 0.842. The van der Waals surface area contributed by atoms with Gasteiger partial charge >= 0.3 is 12.3 Å². The van der Waals surface area contributed by atoms with E-state index in [1.807, 2.05) is 0 Å². The van der Waals surface area contributed by atoms with Crippen LogP contribution >= 0.6 is 0 Å². The van der Waals surface area contributed by atoms with Crippen LogP contribution in [0.4, 0.5) is 18.9 Å². The Morgan fingerprint density at radius 2 is 2.15 bits per heavy atom. The first-order valence-electron chi connectivity index (χ1n) is 5.55. The number of benzene rings is 1. The Morgan fingerprint density at radius 3 is 2.70 bits per heavy atom. The van der Waals surface area contributed by atoms with Crippen molar-refractivity contribution < 1.29 is 27.4 Å². The summed E-state index contributed by atoms with van der Waals surface area (Å²) < 4.78 is 44.5. The van der Waals surface area contributed by atoms with E-state index >= 15 is 0 Å². The van der Waals surface area contributed by atoms with Crippen LogP contribution in [0, 0.1) is 11.3 Å². The van der Waals surface area contributed by atoms with E-state index < -0.39 is 18.1 Å². The minimum absolute atomic E-state index is 0.0731. The Bertz CT molecular complexity index is 524. The highest BCUT2D eigenvalue weighted by Crippen LogP contribution is 2.26. The second-order valence-corrected chi connectivity index (χ2v) is 3.53. The lowest BCUT2D eigenvalue weighted by Crippen LogP contribution is -2.18. The van der Waals surface area contributed by atoms with Gasteiger partial charge in [-0.3, -0.25) is 4.79 Å². The molecule has 0 unspecified atom stereocenters. The lowest BCUT2D eigenvalue weighted by molar-refractivity contribution is -0.274. The monoisotopic (exact) mass is 288 g/mol. The Balaban J connectivity index is 2.79. The van der Waals surface area contributed by atoms with E-state index in [0.29, 0.717) is 0 Å². The average Bonchev–Trinajstić information content (AvgIpc) is 2.35. The van der Waals surface area contributed by atoms with E-state index in [1.165, 1.54) is 6.07 Å². The topological polar surface area (TPSA) is 71.3 Å². The van der Waals surface area contributed by atoms with Crippen LogP contribution in [0.5, 0.6) is 5.75 Å². The molecule has 8 heteroatoms. The Kier molecular flexibility index (Phi) is 5.20. The molecule has 20 heavy (non-hydrogen) atoms. The predicted molar refractivity (Wildman–Crippen MR) is 63.0 cm³/mol. The third-order valence-electron chi connectivity index (χ3n) is 2.07. The Hall–Kier alpha value is -2.43. The van der Waals surface area contributed by atoms with Gasteiger partial charge < -0.3 is 14.8 Å². The highest BCUT2D eigenvalue weighted by Gasteiger charge is 2.31. The zero-order valence-corrected chi connectivity index (χ0v) is 10.5. The highest BCUT2D eigenvalue weighted by molar-refractivity contribution is 5.76. The van der Waals surface area contributed by atoms with Crippen molar-refractivity contribution in [3.8, 4) is 11.8 Å². The molecule has 0 spiro atoms. The number of esters is 1. The van der Waals surface area contributed by atoms with Gasteiger partial charge in [0.15, 0.2) is 0 Å². The first-order chi connectivity index (χ1) is 9.35. The van der Waals surface area contributed by atoms with Crippen LogP contribution in [0.2, 0.25) is 0 Å². The number of carbonyl (C=O) groups excluding carboxylic acids is 1. The Labute approximate surface area is 112 Å². The van der Waals surface area contributed by atoms with E-state index in [9.17, 15) is 18.0 Å². The third-order valence-corrected chi connectivity index (χ3v) is 2.07. The molecule has 0 radical (unpaired) electrons. The van der Waals surface area contributed by atoms with Gasteiger partial charge in [0.05, 0.1) is 17.9 Å². The largest absolute Gasteiger partial charge is 0.573 e. The number of nitrogens with zero attached hydrogens (tertiary/aromatic N) is 1. The highest BCUT2D eigenvalue weighted by atomic mass is 19.4. The molecule has 1 aromatic carbocycles. The fourth-order valence-electron chi connectivity index (χ4n) is 1.35. The van der Waals surface area contributed by atoms with Gasteiger partial charge in [0.2, 0.25) is 0 Å². The molecule has 0 atom stereocenters. The summed E-state index contributed by atoms with van der Waals surface area (Å²) in [7, 11) is 0. The molecule has 0 aliphatic carbocycles. The van der Waals surface area contributed by atoms with Crippen molar-refractivity contribution in [1.29, 1.82) is 5.26 Å². The molecule has 0 saturated heterocycles. The van der Waals surface area contributed by atoms with Crippen molar-refractivity contribution in [2.75, 3.05) is 18.5 Å². The third kappa shape index (κ3) is 5.06. The van der Waals surface area contributed by atoms with Crippen LogP contribution in [-0.2, 0) is 9.53 Å². The molecule has 1 rings (SSSR count). The zero-order valence-electron chi connectivity index (χ0n) is 10.5. The average molecular weight is 288 g/mol. The normalized spacial score (nSPS) is 10.6. The minimum atomic E-state index is -4.83. The standard InChI is InChI=1S/C12H11F3N2O3/c1-2-19-11(18)7-17-10-4-3-9(5-8(10)6-16)20-12(13,14)15/h3-5,17H,2,7H2,1H3. The summed E-state index contributed by atoms with van der Waals surface area (Å²) >= 11 is 0. The molecular weight excluding hydrogens is 277 g/mol. The summed E-state index contributed by atoms with van der Waals surface area (Å²) in [6.45, 7) is 1.66. The van der Waals surface area contributed by atoms with Crippen molar-refractivity contribution in [1.82, 2.24) is 0 Å². The number of hydrogen-bond acceptors (Lipinski definition) is 5.